The second kappa shape index (κ2) is 8.19. The summed E-state index contributed by atoms with van der Waals surface area (Å²) in [6, 6.07) is 13.7. The topological polar surface area (TPSA) is 67.0 Å². The maximum atomic E-state index is 12.6. The number of carbonyl (C=O) groups is 2. The molecule has 0 bridgehead atoms. The Hall–Kier alpha value is -2.60. The summed E-state index contributed by atoms with van der Waals surface area (Å²) >= 11 is 0. The molecule has 2 N–H and O–H groups in total. The zero-order chi connectivity index (χ0) is 18.5. The van der Waals surface area contributed by atoms with E-state index in [1.807, 2.05) is 56.6 Å². The minimum Gasteiger partial charge on any atom is -0.463 e. The van der Waals surface area contributed by atoms with E-state index in [0.717, 1.165) is 11.3 Å². The van der Waals surface area contributed by atoms with Crippen molar-refractivity contribution >= 4 is 11.8 Å². The Morgan fingerprint density at radius 1 is 1.27 bits per heavy atom. The van der Waals surface area contributed by atoms with Crippen LogP contribution in [0, 0.1) is 5.92 Å². The normalized spacial score (nSPS) is 18.3. The van der Waals surface area contributed by atoms with Gasteiger partial charge in [-0.15, -0.1) is 0 Å². The van der Waals surface area contributed by atoms with E-state index in [1.165, 1.54) is 4.90 Å². The second-order valence-corrected chi connectivity index (χ2v) is 7.05. The van der Waals surface area contributed by atoms with Crippen LogP contribution in [0.25, 0.3) is 0 Å². The largest absolute Gasteiger partial charge is 0.463 e. The van der Waals surface area contributed by atoms with Crippen LogP contribution >= 0.6 is 0 Å². The monoisotopic (exact) mass is 356 g/mol. The zero-order valence-electron chi connectivity index (χ0n) is 15.3. The number of likely N-dealkylation sites (tertiary alicyclic amines) is 1. The van der Waals surface area contributed by atoms with Crippen molar-refractivity contribution in [2.45, 2.75) is 19.0 Å². The van der Waals surface area contributed by atoms with Crippen LogP contribution in [0.1, 0.15) is 23.8 Å². The lowest BCUT2D eigenvalue weighted by Crippen LogP contribution is -3.07. The zero-order valence-corrected chi connectivity index (χ0v) is 15.3. The van der Waals surface area contributed by atoms with E-state index in [2.05, 4.69) is 5.32 Å². The van der Waals surface area contributed by atoms with Crippen LogP contribution in [0.15, 0.2) is 53.1 Å². The molecule has 26 heavy (non-hydrogen) atoms. The Morgan fingerprint density at radius 2 is 2.04 bits per heavy atom. The van der Waals surface area contributed by atoms with Gasteiger partial charge in [0.05, 0.1) is 32.8 Å². The highest BCUT2D eigenvalue weighted by atomic mass is 16.3. The molecule has 0 unspecified atom stereocenters. The Balaban J connectivity index is 1.54. The Labute approximate surface area is 153 Å². The predicted molar refractivity (Wildman–Crippen MR) is 97.2 cm³/mol. The number of carbonyl (C=O) groups excluding carboxylic acids is 2. The van der Waals surface area contributed by atoms with Crippen LogP contribution in [-0.4, -0.2) is 43.9 Å². The van der Waals surface area contributed by atoms with Crippen LogP contribution in [0.3, 0.4) is 0 Å². The number of benzene rings is 1. The van der Waals surface area contributed by atoms with Crippen LogP contribution in [-0.2, 0) is 16.1 Å². The van der Waals surface area contributed by atoms with Gasteiger partial charge in [-0.1, -0.05) is 30.3 Å². The summed E-state index contributed by atoms with van der Waals surface area (Å²) in [6.45, 7) is 1.51. The molecule has 1 aromatic carbocycles. The summed E-state index contributed by atoms with van der Waals surface area (Å²) in [5.74, 6) is 0.528. The highest BCUT2D eigenvalue weighted by molar-refractivity contribution is 5.89. The summed E-state index contributed by atoms with van der Waals surface area (Å²) in [5.41, 5.74) is 1.08. The summed E-state index contributed by atoms with van der Waals surface area (Å²) < 4.78 is 5.48. The van der Waals surface area contributed by atoms with Crippen molar-refractivity contribution in [1.29, 1.82) is 0 Å². The minimum atomic E-state index is -0.291. The summed E-state index contributed by atoms with van der Waals surface area (Å²) in [6.07, 6.45) is 1.92. The standard InChI is InChI=1S/C20H25N3O3/c1-22(2)17(18-9-6-10-26-18)12-21-20(25)16-11-19(24)23(14-16)13-15-7-4-3-5-8-15/h3-10,16-17H,11-14H2,1-2H3,(H,21,25)/p+1/t16-,17+/m1/s1. The number of nitrogens with zero attached hydrogens (tertiary/aromatic N) is 1. The van der Waals surface area contributed by atoms with Gasteiger partial charge in [-0.2, -0.15) is 0 Å². The van der Waals surface area contributed by atoms with Gasteiger partial charge in [0, 0.05) is 19.5 Å². The molecule has 0 spiro atoms. The smallest absolute Gasteiger partial charge is 0.225 e. The second-order valence-electron chi connectivity index (χ2n) is 7.05. The fourth-order valence-electron chi connectivity index (χ4n) is 3.33. The summed E-state index contributed by atoms with van der Waals surface area (Å²) in [7, 11) is 4.06. The number of nitrogens with one attached hydrogen (secondary N) is 2. The van der Waals surface area contributed by atoms with Crippen molar-refractivity contribution in [3.05, 3.63) is 60.1 Å². The molecule has 0 radical (unpaired) electrons. The molecule has 1 aliphatic heterocycles. The molecule has 1 aromatic heterocycles. The highest BCUT2D eigenvalue weighted by Crippen LogP contribution is 2.20. The first kappa shape index (κ1) is 18.2. The quantitative estimate of drug-likeness (QED) is 0.765. The summed E-state index contributed by atoms with van der Waals surface area (Å²) in [4.78, 5) is 27.7. The third-order valence-electron chi connectivity index (χ3n) is 4.87. The SMILES string of the molecule is C[NH+](C)[C@@H](CNC(=O)[C@@H]1CC(=O)N(Cc2ccccc2)C1)c1ccco1. The van der Waals surface area contributed by atoms with Gasteiger partial charge in [0.15, 0.2) is 11.8 Å². The molecule has 2 aromatic rings. The first-order chi connectivity index (χ1) is 12.5. The molecule has 2 atom stereocenters. The number of hydrogen-bond donors (Lipinski definition) is 2. The lowest BCUT2D eigenvalue weighted by Gasteiger charge is -2.21. The van der Waals surface area contributed by atoms with Crippen molar-refractivity contribution in [3.63, 3.8) is 0 Å². The molecule has 2 heterocycles. The number of quaternary nitrogens is 1. The maximum Gasteiger partial charge on any atom is 0.225 e. The van der Waals surface area contributed by atoms with Crippen LogP contribution in [0.5, 0.6) is 0 Å². The number of amides is 2. The molecule has 0 saturated carbocycles. The van der Waals surface area contributed by atoms with Gasteiger partial charge < -0.3 is 19.5 Å². The van der Waals surface area contributed by atoms with Gasteiger partial charge in [0.25, 0.3) is 0 Å². The minimum absolute atomic E-state index is 0.0369. The molecular formula is C20H26N3O3+. The van der Waals surface area contributed by atoms with Crippen LogP contribution < -0.4 is 10.2 Å². The van der Waals surface area contributed by atoms with Gasteiger partial charge in [0.2, 0.25) is 11.8 Å². The average molecular weight is 356 g/mol. The van der Waals surface area contributed by atoms with E-state index in [9.17, 15) is 9.59 Å². The molecule has 6 heteroatoms. The first-order valence-electron chi connectivity index (χ1n) is 8.97. The number of likely N-dealkylation sites (N-methyl/N-ethyl adjacent to an activating group) is 1. The molecule has 3 rings (SSSR count). The Bertz CT molecular complexity index is 728. The van der Waals surface area contributed by atoms with Gasteiger partial charge in [-0.05, 0) is 17.7 Å². The van der Waals surface area contributed by atoms with Crippen molar-refractivity contribution in [2.75, 3.05) is 27.2 Å². The molecule has 1 fully saturated rings. The lowest BCUT2D eigenvalue weighted by atomic mass is 10.1. The number of rotatable bonds is 7. The third kappa shape index (κ3) is 4.32. The van der Waals surface area contributed by atoms with E-state index in [1.54, 1.807) is 11.2 Å². The van der Waals surface area contributed by atoms with E-state index >= 15 is 0 Å². The van der Waals surface area contributed by atoms with E-state index < -0.39 is 0 Å². The number of hydrogen-bond acceptors (Lipinski definition) is 3. The molecule has 6 nitrogen and oxygen atoms in total. The highest BCUT2D eigenvalue weighted by Gasteiger charge is 2.34. The third-order valence-corrected chi connectivity index (χ3v) is 4.87. The van der Waals surface area contributed by atoms with Gasteiger partial charge >= 0.3 is 0 Å². The Morgan fingerprint density at radius 3 is 2.69 bits per heavy atom. The van der Waals surface area contributed by atoms with Crippen molar-refractivity contribution in [2.24, 2.45) is 5.92 Å². The Kier molecular flexibility index (Phi) is 5.73. The van der Waals surface area contributed by atoms with Crippen molar-refractivity contribution in [3.8, 4) is 0 Å². The molecule has 1 saturated heterocycles. The maximum absolute atomic E-state index is 12.6. The number of furan rings is 1. The van der Waals surface area contributed by atoms with E-state index in [4.69, 9.17) is 4.42 Å². The van der Waals surface area contributed by atoms with Crippen LogP contribution in [0.2, 0.25) is 0 Å². The fraction of sp³-hybridized carbons (Fsp3) is 0.400. The molecule has 2 amide bonds. The van der Waals surface area contributed by atoms with E-state index in [0.29, 0.717) is 19.6 Å². The van der Waals surface area contributed by atoms with Gasteiger partial charge in [0.1, 0.15) is 0 Å². The molecule has 138 valence electrons. The molecule has 1 aliphatic rings. The average Bonchev–Trinajstić information content (AvgIpc) is 3.26. The lowest BCUT2D eigenvalue weighted by molar-refractivity contribution is -0.891. The van der Waals surface area contributed by atoms with E-state index in [-0.39, 0.29) is 30.2 Å². The van der Waals surface area contributed by atoms with Gasteiger partial charge in [-0.25, -0.2) is 0 Å². The van der Waals surface area contributed by atoms with Crippen molar-refractivity contribution in [1.82, 2.24) is 10.2 Å². The molecular weight excluding hydrogens is 330 g/mol. The van der Waals surface area contributed by atoms with Gasteiger partial charge in [-0.3, -0.25) is 9.59 Å². The summed E-state index contributed by atoms with van der Waals surface area (Å²) in [5, 5.41) is 3.00. The first-order valence-corrected chi connectivity index (χ1v) is 8.97. The fourth-order valence-corrected chi connectivity index (χ4v) is 3.33. The predicted octanol–water partition coefficient (Wildman–Crippen LogP) is 0.630. The van der Waals surface area contributed by atoms with Crippen molar-refractivity contribution < 1.29 is 18.9 Å². The van der Waals surface area contributed by atoms with Crippen LogP contribution in [0.4, 0.5) is 0 Å². The molecule has 0 aliphatic carbocycles.